The summed E-state index contributed by atoms with van der Waals surface area (Å²) in [6.07, 6.45) is 1.47. The molecule has 6 rings (SSSR count). The van der Waals surface area contributed by atoms with Gasteiger partial charge in [-0.15, -0.1) is 0 Å². The predicted octanol–water partition coefficient (Wildman–Crippen LogP) is 5.86. The molecule has 3 aromatic heterocycles. The number of rotatable bonds is 3. The smallest absolute Gasteiger partial charge is 0.291 e. The average molecular weight is 418 g/mol. The molecule has 0 saturated carbocycles. The molecule has 0 aliphatic carbocycles. The number of carbonyl (C=O) groups is 1. The summed E-state index contributed by atoms with van der Waals surface area (Å²) in [6, 6.07) is 25.5. The lowest BCUT2D eigenvalue weighted by atomic mass is 10.0. The van der Waals surface area contributed by atoms with E-state index in [9.17, 15) is 4.79 Å². The molecule has 0 atom stereocenters. The fourth-order valence-corrected chi connectivity index (χ4v) is 3.98. The molecule has 1 N–H and O–H groups in total. The topological polar surface area (TPSA) is 72.4 Å². The number of fused-ring (bicyclic) bond motifs is 5. The Balaban J connectivity index is 1.53. The van der Waals surface area contributed by atoms with Crippen LogP contribution in [0.25, 0.3) is 38.7 Å². The van der Waals surface area contributed by atoms with Gasteiger partial charge in [0, 0.05) is 22.0 Å². The molecule has 1 amide bonds. The summed E-state index contributed by atoms with van der Waals surface area (Å²) in [6.45, 7) is 2.07. The molecule has 6 aromatic rings. The lowest BCUT2D eigenvalue weighted by Crippen LogP contribution is -2.10. The van der Waals surface area contributed by atoms with Crippen molar-refractivity contribution in [3.63, 3.8) is 0 Å². The first-order valence-electron chi connectivity index (χ1n) is 10.3. The molecule has 0 bridgehead atoms. The summed E-state index contributed by atoms with van der Waals surface area (Å²) in [4.78, 5) is 17.2. The second kappa shape index (κ2) is 7.06. The van der Waals surface area contributed by atoms with E-state index in [1.54, 1.807) is 12.1 Å². The number of anilines is 1. The number of carbonyl (C=O) groups excluding carboxylic acids is 1. The van der Waals surface area contributed by atoms with E-state index in [-0.39, 0.29) is 11.7 Å². The van der Waals surface area contributed by atoms with Crippen LogP contribution in [0.2, 0.25) is 0 Å². The van der Waals surface area contributed by atoms with Crippen LogP contribution < -0.4 is 5.32 Å². The highest BCUT2D eigenvalue weighted by Gasteiger charge is 2.15. The maximum absolute atomic E-state index is 12.3. The Kier molecular flexibility index (Phi) is 4.04. The Labute approximate surface area is 183 Å². The molecule has 32 heavy (non-hydrogen) atoms. The normalized spacial score (nSPS) is 11.4. The molecule has 3 aromatic carbocycles. The van der Waals surface area contributed by atoms with E-state index in [4.69, 9.17) is 14.5 Å². The summed E-state index contributed by atoms with van der Waals surface area (Å²) in [7, 11) is 0. The zero-order chi connectivity index (χ0) is 21.7. The minimum absolute atomic E-state index is 0.260. The number of aromatic nitrogens is 3. The van der Waals surface area contributed by atoms with E-state index in [1.165, 1.54) is 11.8 Å². The van der Waals surface area contributed by atoms with Crippen molar-refractivity contribution in [2.24, 2.45) is 0 Å². The van der Waals surface area contributed by atoms with Gasteiger partial charge in [-0.05, 0) is 37.3 Å². The van der Waals surface area contributed by atoms with Gasteiger partial charge in [0.05, 0.1) is 23.0 Å². The fraction of sp³-hybridized carbons (Fsp3) is 0.0385. The molecule has 6 nitrogen and oxygen atoms in total. The van der Waals surface area contributed by atoms with Gasteiger partial charge in [0.15, 0.2) is 11.4 Å². The standard InChI is InChI=1S/C26H18N4O2/c1-16-8-10-17(11-9-16)24-19-5-2-3-6-20(19)25-28-21-15-18(12-13-22(21)30(25)29-24)27-26(31)23-7-4-14-32-23/h2-15H,1H3,(H,27,31). The van der Waals surface area contributed by atoms with Crippen molar-refractivity contribution in [1.82, 2.24) is 14.6 Å². The Hall–Kier alpha value is -4.45. The van der Waals surface area contributed by atoms with Gasteiger partial charge in [-0.2, -0.15) is 5.10 Å². The van der Waals surface area contributed by atoms with Gasteiger partial charge in [0.25, 0.3) is 5.91 Å². The van der Waals surface area contributed by atoms with Crippen LogP contribution in [-0.4, -0.2) is 20.5 Å². The summed E-state index contributed by atoms with van der Waals surface area (Å²) >= 11 is 0. The van der Waals surface area contributed by atoms with E-state index >= 15 is 0 Å². The molecule has 154 valence electrons. The van der Waals surface area contributed by atoms with Gasteiger partial charge in [0.2, 0.25) is 0 Å². The van der Waals surface area contributed by atoms with Gasteiger partial charge >= 0.3 is 0 Å². The summed E-state index contributed by atoms with van der Waals surface area (Å²) in [5.74, 6) is -0.0427. The molecular formula is C26H18N4O2. The lowest BCUT2D eigenvalue weighted by molar-refractivity contribution is 0.0996. The number of amides is 1. The van der Waals surface area contributed by atoms with Crippen LogP contribution in [0.1, 0.15) is 16.1 Å². The largest absolute Gasteiger partial charge is 0.459 e. The first-order valence-corrected chi connectivity index (χ1v) is 10.3. The van der Waals surface area contributed by atoms with Gasteiger partial charge in [-0.3, -0.25) is 4.79 Å². The van der Waals surface area contributed by atoms with E-state index in [0.717, 1.165) is 38.7 Å². The van der Waals surface area contributed by atoms with E-state index in [0.29, 0.717) is 5.69 Å². The lowest BCUT2D eigenvalue weighted by Gasteiger charge is -2.08. The molecule has 0 saturated heterocycles. The van der Waals surface area contributed by atoms with Gasteiger partial charge in [0.1, 0.15) is 0 Å². The first kappa shape index (κ1) is 18.3. The molecule has 0 fully saturated rings. The Morgan fingerprint density at radius 1 is 0.938 bits per heavy atom. The monoisotopic (exact) mass is 418 g/mol. The molecule has 0 unspecified atom stereocenters. The Morgan fingerprint density at radius 3 is 2.53 bits per heavy atom. The van der Waals surface area contributed by atoms with Gasteiger partial charge in [-0.25, -0.2) is 9.50 Å². The maximum atomic E-state index is 12.3. The number of imidazole rings is 1. The second-order valence-electron chi connectivity index (χ2n) is 7.74. The SMILES string of the molecule is Cc1ccc(-c2nn3c4ccc(NC(=O)c5ccco5)cc4nc3c3ccccc23)cc1. The van der Waals surface area contributed by atoms with Crippen molar-refractivity contribution in [1.29, 1.82) is 0 Å². The first-order chi connectivity index (χ1) is 15.7. The molecule has 0 spiro atoms. The third-order valence-electron chi connectivity index (χ3n) is 5.58. The number of hydrogen-bond donors (Lipinski definition) is 1. The van der Waals surface area contributed by atoms with Crippen LogP contribution in [0, 0.1) is 6.92 Å². The third-order valence-corrected chi connectivity index (χ3v) is 5.58. The number of nitrogens with zero attached hydrogens (tertiary/aromatic N) is 3. The highest BCUT2D eigenvalue weighted by molar-refractivity contribution is 6.05. The number of aryl methyl sites for hydroxylation is 1. The summed E-state index contributed by atoms with van der Waals surface area (Å²) in [5, 5.41) is 9.90. The van der Waals surface area contributed by atoms with Gasteiger partial charge < -0.3 is 9.73 Å². The minimum Gasteiger partial charge on any atom is -0.459 e. The third kappa shape index (κ3) is 2.93. The Morgan fingerprint density at radius 2 is 1.75 bits per heavy atom. The minimum atomic E-state index is -0.302. The summed E-state index contributed by atoms with van der Waals surface area (Å²) in [5.41, 5.74) is 6.21. The molecule has 0 aliphatic heterocycles. The summed E-state index contributed by atoms with van der Waals surface area (Å²) < 4.78 is 7.05. The van der Waals surface area contributed by atoms with Crippen molar-refractivity contribution in [3.05, 3.63) is 96.4 Å². The number of nitrogens with one attached hydrogen (secondary N) is 1. The average Bonchev–Trinajstić information content (AvgIpc) is 3.47. The predicted molar refractivity (Wildman–Crippen MR) is 125 cm³/mol. The van der Waals surface area contributed by atoms with Crippen LogP contribution in [0.15, 0.2) is 89.5 Å². The van der Waals surface area contributed by atoms with Crippen molar-refractivity contribution in [2.45, 2.75) is 6.92 Å². The van der Waals surface area contributed by atoms with E-state index in [2.05, 4.69) is 48.6 Å². The maximum Gasteiger partial charge on any atom is 0.291 e. The second-order valence-corrected chi connectivity index (χ2v) is 7.74. The van der Waals surface area contributed by atoms with Crippen LogP contribution in [-0.2, 0) is 0 Å². The van der Waals surface area contributed by atoms with Crippen LogP contribution in [0.5, 0.6) is 0 Å². The van der Waals surface area contributed by atoms with E-state index in [1.807, 2.05) is 34.8 Å². The van der Waals surface area contributed by atoms with Crippen molar-refractivity contribution >= 4 is 39.0 Å². The zero-order valence-corrected chi connectivity index (χ0v) is 17.2. The molecular weight excluding hydrogens is 400 g/mol. The quantitative estimate of drug-likeness (QED) is 0.391. The fourth-order valence-electron chi connectivity index (χ4n) is 3.98. The molecule has 6 heteroatoms. The van der Waals surface area contributed by atoms with Crippen molar-refractivity contribution in [2.75, 3.05) is 5.32 Å². The molecule has 0 radical (unpaired) electrons. The van der Waals surface area contributed by atoms with E-state index < -0.39 is 0 Å². The van der Waals surface area contributed by atoms with Crippen molar-refractivity contribution < 1.29 is 9.21 Å². The number of benzene rings is 3. The number of furan rings is 1. The van der Waals surface area contributed by atoms with Crippen molar-refractivity contribution in [3.8, 4) is 11.3 Å². The zero-order valence-electron chi connectivity index (χ0n) is 17.2. The van der Waals surface area contributed by atoms with Gasteiger partial charge in [-0.1, -0.05) is 54.1 Å². The van der Waals surface area contributed by atoms with Crippen LogP contribution >= 0.6 is 0 Å². The number of hydrogen-bond acceptors (Lipinski definition) is 4. The highest BCUT2D eigenvalue weighted by Crippen LogP contribution is 2.31. The van der Waals surface area contributed by atoms with Crippen LogP contribution in [0.4, 0.5) is 5.69 Å². The molecule has 3 heterocycles. The Bertz CT molecular complexity index is 1610. The molecule has 0 aliphatic rings. The highest BCUT2D eigenvalue weighted by atomic mass is 16.3. The van der Waals surface area contributed by atoms with Crippen LogP contribution in [0.3, 0.4) is 0 Å².